The maximum absolute atomic E-state index is 5.74. The Bertz CT molecular complexity index is 352. The summed E-state index contributed by atoms with van der Waals surface area (Å²) in [4.78, 5) is 0. The van der Waals surface area contributed by atoms with E-state index < -0.39 is 0 Å². The quantitative estimate of drug-likeness (QED) is 0.727. The summed E-state index contributed by atoms with van der Waals surface area (Å²) in [7, 11) is 0. The van der Waals surface area contributed by atoms with Gasteiger partial charge in [-0.25, -0.2) is 0 Å². The molecule has 0 amide bonds. The fourth-order valence-corrected chi connectivity index (χ4v) is 2.24. The number of hydrogen-bond acceptors (Lipinski definition) is 2. The topological polar surface area (TPSA) is 21.3 Å². The Morgan fingerprint density at radius 1 is 1.28 bits per heavy atom. The molecule has 0 fully saturated rings. The zero-order valence-corrected chi connectivity index (χ0v) is 13.2. The monoisotopic (exact) mass is 313 g/mol. The van der Waals surface area contributed by atoms with Gasteiger partial charge in [0.05, 0.1) is 0 Å². The molecule has 0 radical (unpaired) electrons. The van der Waals surface area contributed by atoms with E-state index in [9.17, 15) is 0 Å². The third kappa shape index (κ3) is 6.41. The molecule has 0 aliphatic carbocycles. The van der Waals surface area contributed by atoms with Crippen LogP contribution in [-0.2, 0) is 0 Å². The van der Waals surface area contributed by atoms with E-state index in [0.717, 1.165) is 35.8 Å². The Morgan fingerprint density at radius 3 is 2.72 bits per heavy atom. The van der Waals surface area contributed by atoms with Crippen LogP contribution in [-0.4, -0.2) is 19.7 Å². The van der Waals surface area contributed by atoms with Crippen molar-refractivity contribution in [2.24, 2.45) is 5.92 Å². The predicted molar refractivity (Wildman–Crippen MR) is 81.3 cm³/mol. The summed E-state index contributed by atoms with van der Waals surface area (Å²) in [5.41, 5.74) is 1.17. The second-order valence-corrected chi connectivity index (χ2v) is 5.96. The van der Waals surface area contributed by atoms with E-state index in [2.05, 4.69) is 48.1 Å². The van der Waals surface area contributed by atoms with Crippen molar-refractivity contribution < 1.29 is 4.74 Å². The molecule has 1 N–H and O–H groups in total. The Labute approximate surface area is 119 Å². The van der Waals surface area contributed by atoms with Crippen LogP contribution in [0.1, 0.15) is 32.3 Å². The number of benzene rings is 1. The second kappa shape index (κ2) is 8.54. The van der Waals surface area contributed by atoms with Gasteiger partial charge in [0.1, 0.15) is 12.4 Å². The molecule has 1 rings (SSSR count). The fraction of sp³-hybridized carbons (Fsp3) is 0.600. The molecule has 18 heavy (non-hydrogen) atoms. The zero-order valence-electron chi connectivity index (χ0n) is 11.6. The largest absolute Gasteiger partial charge is 0.492 e. The van der Waals surface area contributed by atoms with Crippen LogP contribution in [0.25, 0.3) is 0 Å². The minimum Gasteiger partial charge on any atom is -0.492 e. The molecule has 2 nitrogen and oxygen atoms in total. The third-order valence-electron chi connectivity index (χ3n) is 2.81. The first-order valence-corrected chi connectivity index (χ1v) is 7.48. The SMILES string of the molecule is Cc1cc(Br)ccc1OCCNCCCC(C)C. The summed E-state index contributed by atoms with van der Waals surface area (Å²) in [6, 6.07) is 6.10. The van der Waals surface area contributed by atoms with Gasteiger partial charge in [-0.05, 0) is 56.0 Å². The van der Waals surface area contributed by atoms with E-state index in [1.807, 2.05) is 12.1 Å². The minimum atomic E-state index is 0.726. The van der Waals surface area contributed by atoms with Crippen LogP contribution < -0.4 is 10.1 Å². The van der Waals surface area contributed by atoms with Gasteiger partial charge in [-0.15, -0.1) is 0 Å². The van der Waals surface area contributed by atoms with E-state index >= 15 is 0 Å². The molecular weight excluding hydrogens is 290 g/mol. The average Bonchev–Trinajstić information content (AvgIpc) is 2.30. The molecular formula is C15H24BrNO. The number of rotatable bonds is 8. The summed E-state index contributed by atoms with van der Waals surface area (Å²) >= 11 is 3.45. The molecule has 0 bridgehead atoms. The molecule has 0 spiro atoms. The van der Waals surface area contributed by atoms with Gasteiger partial charge in [0.25, 0.3) is 0 Å². The van der Waals surface area contributed by atoms with Gasteiger partial charge in [-0.2, -0.15) is 0 Å². The highest BCUT2D eigenvalue weighted by Crippen LogP contribution is 2.21. The van der Waals surface area contributed by atoms with Gasteiger partial charge in [0.2, 0.25) is 0 Å². The van der Waals surface area contributed by atoms with E-state index in [1.165, 1.54) is 18.4 Å². The lowest BCUT2D eigenvalue weighted by molar-refractivity contribution is 0.311. The summed E-state index contributed by atoms with van der Waals surface area (Å²) in [5, 5.41) is 3.41. The average molecular weight is 314 g/mol. The van der Waals surface area contributed by atoms with Gasteiger partial charge in [0.15, 0.2) is 0 Å². The Kier molecular flexibility index (Phi) is 7.36. The van der Waals surface area contributed by atoms with Gasteiger partial charge < -0.3 is 10.1 Å². The second-order valence-electron chi connectivity index (χ2n) is 5.04. The van der Waals surface area contributed by atoms with E-state index in [-0.39, 0.29) is 0 Å². The van der Waals surface area contributed by atoms with Crippen molar-refractivity contribution >= 4 is 15.9 Å². The standard InChI is InChI=1S/C15H24BrNO/c1-12(2)5-4-8-17-9-10-18-15-7-6-14(16)11-13(15)3/h6-7,11-12,17H,4-5,8-10H2,1-3H3. The lowest BCUT2D eigenvalue weighted by Crippen LogP contribution is -2.22. The van der Waals surface area contributed by atoms with Crippen LogP contribution in [0, 0.1) is 12.8 Å². The summed E-state index contributed by atoms with van der Waals surface area (Å²) in [5.74, 6) is 1.77. The van der Waals surface area contributed by atoms with Crippen molar-refractivity contribution in [1.82, 2.24) is 5.32 Å². The first-order valence-electron chi connectivity index (χ1n) is 6.69. The highest BCUT2D eigenvalue weighted by molar-refractivity contribution is 9.10. The van der Waals surface area contributed by atoms with Crippen LogP contribution in [0.4, 0.5) is 0 Å². The molecule has 3 heteroatoms. The van der Waals surface area contributed by atoms with Gasteiger partial charge in [-0.1, -0.05) is 29.8 Å². The van der Waals surface area contributed by atoms with Crippen molar-refractivity contribution in [1.29, 1.82) is 0 Å². The van der Waals surface area contributed by atoms with Crippen molar-refractivity contribution in [2.75, 3.05) is 19.7 Å². The van der Waals surface area contributed by atoms with E-state index in [0.29, 0.717) is 0 Å². The zero-order chi connectivity index (χ0) is 13.4. The fourth-order valence-electron chi connectivity index (χ4n) is 1.77. The van der Waals surface area contributed by atoms with Crippen molar-refractivity contribution in [3.05, 3.63) is 28.2 Å². The highest BCUT2D eigenvalue weighted by atomic mass is 79.9. The summed E-state index contributed by atoms with van der Waals surface area (Å²) < 4.78 is 6.83. The molecule has 0 saturated carbocycles. The Hall–Kier alpha value is -0.540. The number of ether oxygens (including phenoxy) is 1. The maximum Gasteiger partial charge on any atom is 0.122 e. The molecule has 0 atom stereocenters. The van der Waals surface area contributed by atoms with Gasteiger partial charge in [0, 0.05) is 11.0 Å². The van der Waals surface area contributed by atoms with Crippen LogP contribution in [0.2, 0.25) is 0 Å². The van der Waals surface area contributed by atoms with Gasteiger partial charge >= 0.3 is 0 Å². The molecule has 0 saturated heterocycles. The molecule has 1 aromatic rings. The summed E-state index contributed by atoms with van der Waals surface area (Å²) in [6.07, 6.45) is 2.54. The number of nitrogens with one attached hydrogen (secondary N) is 1. The Morgan fingerprint density at radius 2 is 2.06 bits per heavy atom. The smallest absolute Gasteiger partial charge is 0.122 e. The number of hydrogen-bond donors (Lipinski definition) is 1. The van der Waals surface area contributed by atoms with Crippen molar-refractivity contribution in [2.45, 2.75) is 33.6 Å². The maximum atomic E-state index is 5.74. The Balaban J connectivity index is 2.11. The minimum absolute atomic E-state index is 0.726. The number of aryl methyl sites for hydroxylation is 1. The normalized spacial score (nSPS) is 10.9. The molecule has 0 aliphatic rings. The van der Waals surface area contributed by atoms with E-state index in [4.69, 9.17) is 4.74 Å². The van der Waals surface area contributed by atoms with Crippen molar-refractivity contribution in [3.8, 4) is 5.75 Å². The molecule has 102 valence electrons. The molecule has 0 heterocycles. The molecule has 1 aromatic carbocycles. The van der Waals surface area contributed by atoms with Crippen LogP contribution in [0.3, 0.4) is 0 Å². The van der Waals surface area contributed by atoms with Crippen LogP contribution >= 0.6 is 15.9 Å². The molecule has 0 unspecified atom stereocenters. The van der Waals surface area contributed by atoms with Crippen LogP contribution in [0.5, 0.6) is 5.75 Å². The highest BCUT2D eigenvalue weighted by Gasteiger charge is 1.99. The first kappa shape index (κ1) is 15.5. The van der Waals surface area contributed by atoms with Crippen molar-refractivity contribution in [3.63, 3.8) is 0 Å². The first-order chi connectivity index (χ1) is 8.59. The lowest BCUT2D eigenvalue weighted by Gasteiger charge is -2.10. The molecule has 0 aromatic heterocycles. The van der Waals surface area contributed by atoms with Gasteiger partial charge in [-0.3, -0.25) is 0 Å². The van der Waals surface area contributed by atoms with E-state index in [1.54, 1.807) is 0 Å². The predicted octanol–water partition coefficient (Wildman–Crippen LogP) is 4.16. The van der Waals surface area contributed by atoms with Crippen LogP contribution in [0.15, 0.2) is 22.7 Å². The third-order valence-corrected chi connectivity index (χ3v) is 3.30. The number of halogens is 1. The molecule has 0 aliphatic heterocycles. The summed E-state index contributed by atoms with van der Waals surface area (Å²) in [6.45, 7) is 9.31. The lowest BCUT2D eigenvalue weighted by atomic mass is 10.1.